The van der Waals surface area contributed by atoms with E-state index in [2.05, 4.69) is 11.5 Å². The summed E-state index contributed by atoms with van der Waals surface area (Å²) in [7, 11) is 0. The topological polar surface area (TPSA) is 75.4 Å². The molecule has 0 radical (unpaired) electrons. The van der Waals surface area contributed by atoms with Crippen molar-refractivity contribution in [3.05, 3.63) is 29.8 Å². The van der Waals surface area contributed by atoms with Crippen molar-refractivity contribution in [2.45, 2.75) is 44.9 Å². The van der Waals surface area contributed by atoms with Gasteiger partial charge in [-0.2, -0.15) is 0 Å². The number of nitrogens with one attached hydrogen (secondary N) is 1. The number of nitrogens with zero attached hydrogens (tertiary/aromatic N) is 1. The van der Waals surface area contributed by atoms with Gasteiger partial charge in [0.2, 0.25) is 11.8 Å². The van der Waals surface area contributed by atoms with Crippen LogP contribution in [-0.2, 0) is 16.0 Å². The minimum absolute atomic E-state index is 0.133. The zero-order valence-corrected chi connectivity index (χ0v) is 12.3. The van der Waals surface area contributed by atoms with Crippen LogP contribution in [0.2, 0.25) is 0 Å². The number of fused-ring (bicyclic) bond motifs is 1. The van der Waals surface area contributed by atoms with Crippen LogP contribution < -0.4 is 16.2 Å². The van der Waals surface area contributed by atoms with Crippen molar-refractivity contribution < 1.29 is 9.59 Å². The van der Waals surface area contributed by atoms with Crippen LogP contribution in [0.1, 0.15) is 44.1 Å². The van der Waals surface area contributed by atoms with E-state index in [4.69, 9.17) is 5.84 Å². The van der Waals surface area contributed by atoms with Crippen molar-refractivity contribution >= 4 is 17.5 Å². The van der Waals surface area contributed by atoms with E-state index in [9.17, 15) is 9.59 Å². The highest BCUT2D eigenvalue weighted by atomic mass is 16.2. The molecule has 1 aliphatic heterocycles. The molecule has 1 aliphatic rings. The normalized spacial score (nSPS) is 14.5. The number of anilines is 1. The van der Waals surface area contributed by atoms with Gasteiger partial charge in [0.15, 0.2) is 0 Å². The molecule has 2 amide bonds. The highest BCUT2D eigenvalue weighted by molar-refractivity contribution is 5.94. The van der Waals surface area contributed by atoms with Crippen molar-refractivity contribution in [2.24, 2.45) is 5.84 Å². The maximum Gasteiger partial charge on any atom is 0.233 e. The molecule has 3 N–H and O–H groups in total. The van der Waals surface area contributed by atoms with Gasteiger partial charge in [0, 0.05) is 25.1 Å². The number of hydrazine groups is 1. The molecule has 0 unspecified atom stereocenters. The lowest BCUT2D eigenvalue weighted by Crippen LogP contribution is -2.31. The van der Waals surface area contributed by atoms with Gasteiger partial charge in [-0.15, -0.1) is 0 Å². The summed E-state index contributed by atoms with van der Waals surface area (Å²) in [6.07, 6.45) is 5.56. The smallest absolute Gasteiger partial charge is 0.233 e. The first-order chi connectivity index (χ1) is 10.2. The molecule has 0 saturated carbocycles. The van der Waals surface area contributed by atoms with E-state index < -0.39 is 0 Å². The second-order valence-corrected chi connectivity index (χ2v) is 5.41. The summed E-state index contributed by atoms with van der Waals surface area (Å²) in [6.45, 7) is 0.722. The summed E-state index contributed by atoms with van der Waals surface area (Å²) in [5, 5.41) is 0. The van der Waals surface area contributed by atoms with Gasteiger partial charge in [0.1, 0.15) is 0 Å². The highest BCUT2D eigenvalue weighted by Crippen LogP contribution is 2.27. The molecule has 114 valence electrons. The Morgan fingerprint density at radius 2 is 2.00 bits per heavy atom. The molecule has 0 spiro atoms. The first-order valence-electron chi connectivity index (χ1n) is 7.60. The molecule has 0 bridgehead atoms. The Labute approximate surface area is 125 Å². The maximum absolute atomic E-state index is 12.2. The van der Waals surface area contributed by atoms with Crippen LogP contribution in [0.4, 0.5) is 5.69 Å². The first kappa shape index (κ1) is 15.5. The zero-order valence-electron chi connectivity index (χ0n) is 12.3. The number of rotatable bonds is 6. The number of nitrogens with two attached hydrogens (primary N) is 1. The van der Waals surface area contributed by atoms with Crippen LogP contribution in [0, 0.1) is 0 Å². The molecule has 5 nitrogen and oxygen atoms in total. The van der Waals surface area contributed by atoms with Crippen molar-refractivity contribution in [1.82, 2.24) is 5.43 Å². The van der Waals surface area contributed by atoms with E-state index >= 15 is 0 Å². The molecular formula is C16H23N3O2. The number of unbranched alkanes of at least 4 members (excludes halogenated alkanes) is 2. The van der Waals surface area contributed by atoms with Crippen molar-refractivity contribution in [3.63, 3.8) is 0 Å². The summed E-state index contributed by atoms with van der Waals surface area (Å²) in [4.78, 5) is 25.2. The summed E-state index contributed by atoms with van der Waals surface area (Å²) in [6, 6.07) is 8.14. The third-order valence-corrected chi connectivity index (χ3v) is 3.87. The largest absolute Gasteiger partial charge is 0.312 e. The molecule has 0 fully saturated rings. The Hall–Kier alpha value is -1.88. The molecule has 0 atom stereocenters. The minimum Gasteiger partial charge on any atom is -0.312 e. The molecule has 1 heterocycles. The van der Waals surface area contributed by atoms with Crippen molar-refractivity contribution in [2.75, 3.05) is 11.4 Å². The van der Waals surface area contributed by atoms with E-state index in [1.165, 1.54) is 5.56 Å². The highest BCUT2D eigenvalue weighted by Gasteiger charge is 2.21. The van der Waals surface area contributed by atoms with Gasteiger partial charge in [-0.3, -0.25) is 15.0 Å². The second kappa shape index (κ2) is 7.78. The van der Waals surface area contributed by atoms with Crippen molar-refractivity contribution in [3.8, 4) is 0 Å². The predicted molar refractivity (Wildman–Crippen MR) is 82.5 cm³/mol. The summed E-state index contributed by atoms with van der Waals surface area (Å²) >= 11 is 0. The van der Waals surface area contributed by atoms with E-state index in [0.29, 0.717) is 12.8 Å². The quantitative estimate of drug-likeness (QED) is 0.363. The van der Waals surface area contributed by atoms with E-state index in [1.54, 1.807) is 0 Å². The molecule has 2 rings (SSSR count). The Bertz CT molecular complexity index is 502. The van der Waals surface area contributed by atoms with Crippen LogP contribution in [0.25, 0.3) is 0 Å². The third-order valence-electron chi connectivity index (χ3n) is 3.87. The van der Waals surface area contributed by atoms with Gasteiger partial charge in [-0.05, 0) is 37.3 Å². The second-order valence-electron chi connectivity index (χ2n) is 5.41. The van der Waals surface area contributed by atoms with Crippen LogP contribution in [-0.4, -0.2) is 18.4 Å². The fourth-order valence-electron chi connectivity index (χ4n) is 2.73. The monoisotopic (exact) mass is 289 g/mol. The number of hydrogen-bond acceptors (Lipinski definition) is 3. The Morgan fingerprint density at radius 1 is 1.19 bits per heavy atom. The third kappa shape index (κ3) is 4.29. The minimum atomic E-state index is -0.133. The van der Waals surface area contributed by atoms with E-state index in [-0.39, 0.29) is 11.8 Å². The lowest BCUT2D eigenvalue weighted by Gasteiger charge is -2.23. The Morgan fingerprint density at radius 3 is 2.81 bits per heavy atom. The zero-order chi connectivity index (χ0) is 15.1. The fourth-order valence-corrected chi connectivity index (χ4v) is 2.73. The van der Waals surface area contributed by atoms with E-state index in [1.807, 2.05) is 23.1 Å². The van der Waals surface area contributed by atoms with Crippen LogP contribution in [0.3, 0.4) is 0 Å². The van der Waals surface area contributed by atoms with Crippen LogP contribution in [0.5, 0.6) is 0 Å². The SMILES string of the molecule is NNC(=O)CCCCCN1C(=O)CCCc2ccccc21. The first-order valence-corrected chi connectivity index (χ1v) is 7.60. The molecular weight excluding hydrogens is 266 g/mol. The van der Waals surface area contributed by atoms with Gasteiger partial charge in [0.25, 0.3) is 0 Å². The van der Waals surface area contributed by atoms with Gasteiger partial charge in [-0.25, -0.2) is 5.84 Å². The molecule has 0 aromatic heterocycles. The average Bonchev–Trinajstić information content (AvgIpc) is 2.66. The molecule has 1 aromatic carbocycles. The Balaban J connectivity index is 1.89. The van der Waals surface area contributed by atoms with Gasteiger partial charge >= 0.3 is 0 Å². The molecule has 0 saturated heterocycles. The number of hydrogen-bond donors (Lipinski definition) is 2. The Kier molecular flexibility index (Phi) is 5.75. The fraction of sp³-hybridized carbons (Fsp3) is 0.500. The van der Waals surface area contributed by atoms with Gasteiger partial charge < -0.3 is 4.90 Å². The van der Waals surface area contributed by atoms with Gasteiger partial charge in [-0.1, -0.05) is 24.6 Å². The summed E-state index contributed by atoms with van der Waals surface area (Å²) in [5.41, 5.74) is 4.44. The van der Waals surface area contributed by atoms with Crippen molar-refractivity contribution in [1.29, 1.82) is 0 Å². The molecule has 5 heteroatoms. The number of benzene rings is 1. The van der Waals surface area contributed by atoms with Gasteiger partial charge in [0.05, 0.1) is 0 Å². The molecule has 1 aromatic rings. The predicted octanol–water partition coefficient (Wildman–Crippen LogP) is 1.91. The molecule has 0 aliphatic carbocycles. The summed E-state index contributed by atoms with van der Waals surface area (Å²) < 4.78 is 0. The number of carbonyl (C=O) groups is 2. The number of aryl methyl sites for hydroxylation is 1. The lowest BCUT2D eigenvalue weighted by atomic mass is 10.1. The molecule has 21 heavy (non-hydrogen) atoms. The summed E-state index contributed by atoms with van der Waals surface area (Å²) in [5.74, 6) is 5.11. The number of amides is 2. The van der Waals surface area contributed by atoms with Crippen LogP contribution >= 0.6 is 0 Å². The maximum atomic E-state index is 12.2. The number of para-hydroxylation sites is 1. The van der Waals surface area contributed by atoms with Crippen LogP contribution in [0.15, 0.2) is 24.3 Å². The van der Waals surface area contributed by atoms with E-state index in [0.717, 1.165) is 44.3 Å². The lowest BCUT2D eigenvalue weighted by molar-refractivity contribution is -0.121. The standard InChI is InChI=1S/C16H23N3O2/c17-18-15(20)10-2-1-5-12-19-14-9-4-3-7-13(14)8-6-11-16(19)21/h3-4,7,9H,1-2,5-6,8,10-12,17H2,(H,18,20). The number of carbonyl (C=O) groups excluding carboxylic acids is 2. The average molecular weight is 289 g/mol.